The molecule has 0 saturated carbocycles. The summed E-state index contributed by atoms with van der Waals surface area (Å²) < 4.78 is 24.1. The van der Waals surface area contributed by atoms with Crippen LogP contribution < -0.4 is 10.5 Å². The lowest BCUT2D eigenvalue weighted by Gasteiger charge is -2.28. The number of carbonyl (C=O) groups is 2. The van der Waals surface area contributed by atoms with Crippen molar-refractivity contribution in [2.75, 3.05) is 6.61 Å². The van der Waals surface area contributed by atoms with Crippen LogP contribution in [0.4, 0.5) is 4.39 Å². The molecule has 0 heterocycles. The predicted molar refractivity (Wildman–Crippen MR) is 86.2 cm³/mol. The molecule has 0 aliphatic heterocycles. The topological polar surface area (TPSA) is 98.9 Å². The van der Waals surface area contributed by atoms with Gasteiger partial charge in [0.1, 0.15) is 12.2 Å². The van der Waals surface area contributed by atoms with E-state index in [2.05, 4.69) is 6.58 Å². The number of carboxylic acid groups (broad SMARTS) is 1. The number of aliphatic carboxylic acids is 1. The minimum atomic E-state index is -2.32. The molecule has 0 spiro atoms. The lowest BCUT2D eigenvalue weighted by atomic mass is 9.91. The summed E-state index contributed by atoms with van der Waals surface area (Å²) in [6.45, 7) is 8.38. The Hall–Kier alpha value is -2.41. The van der Waals surface area contributed by atoms with Crippen molar-refractivity contribution in [3.63, 3.8) is 0 Å². The number of ether oxygens (including phenoxy) is 2. The Bertz CT molecular complexity index is 638. The van der Waals surface area contributed by atoms with Crippen molar-refractivity contribution >= 4 is 11.9 Å². The van der Waals surface area contributed by atoms with E-state index in [1.807, 2.05) is 0 Å². The van der Waals surface area contributed by atoms with E-state index in [9.17, 15) is 19.1 Å². The molecule has 0 saturated heterocycles. The van der Waals surface area contributed by atoms with Gasteiger partial charge in [-0.2, -0.15) is 0 Å². The van der Waals surface area contributed by atoms with Gasteiger partial charge in [-0.3, -0.25) is 0 Å². The molecule has 0 fully saturated rings. The summed E-state index contributed by atoms with van der Waals surface area (Å²) in [6.07, 6.45) is 1.04. The maximum Gasteiger partial charge on any atom is 0.338 e. The van der Waals surface area contributed by atoms with E-state index in [4.69, 9.17) is 15.2 Å². The number of rotatable bonds is 7. The fourth-order valence-corrected chi connectivity index (χ4v) is 1.85. The quantitative estimate of drug-likeness (QED) is 0.448. The summed E-state index contributed by atoms with van der Waals surface area (Å²) in [5.41, 5.74) is 2.77. The molecule has 0 amide bonds. The Balaban J connectivity index is 3.04. The maximum atomic E-state index is 14.0. The molecule has 0 aliphatic carbocycles. The average Bonchev–Trinajstić information content (AvgIpc) is 2.44. The van der Waals surface area contributed by atoms with Crippen molar-refractivity contribution in [1.29, 1.82) is 0 Å². The Labute approximate surface area is 140 Å². The molecule has 0 bridgehead atoms. The van der Waals surface area contributed by atoms with Crippen LogP contribution in [0.25, 0.3) is 0 Å². The van der Waals surface area contributed by atoms with Crippen LogP contribution in [-0.4, -0.2) is 34.8 Å². The number of halogens is 1. The molecule has 0 radical (unpaired) electrons. The van der Waals surface area contributed by atoms with Gasteiger partial charge in [0, 0.05) is 6.42 Å². The lowest BCUT2D eigenvalue weighted by molar-refractivity contribution is -0.169. The van der Waals surface area contributed by atoms with Crippen LogP contribution in [0, 0.1) is 5.82 Å². The smallest absolute Gasteiger partial charge is 0.338 e. The van der Waals surface area contributed by atoms with Gasteiger partial charge in [0.25, 0.3) is 0 Å². The summed E-state index contributed by atoms with van der Waals surface area (Å²) >= 11 is 0. The number of hydrogen-bond donors (Lipinski definition) is 2. The predicted octanol–water partition coefficient (Wildman–Crippen LogP) is 2.06. The second-order valence-corrected chi connectivity index (χ2v) is 6.32. The molecule has 1 rings (SSSR count). The largest absolute Gasteiger partial charge is 0.486 e. The van der Waals surface area contributed by atoms with E-state index in [0.717, 1.165) is 6.07 Å². The first-order chi connectivity index (χ1) is 11.0. The van der Waals surface area contributed by atoms with Crippen LogP contribution in [-0.2, 0) is 20.7 Å². The second-order valence-electron chi connectivity index (χ2n) is 6.32. The van der Waals surface area contributed by atoms with Crippen molar-refractivity contribution in [2.45, 2.75) is 38.3 Å². The fourth-order valence-electron chi connectivity index (χ4n) is 1.85. The Morgan fingerprint density at radius 2 is 2.00 bits per heavy atom. The highest BCUT2D eigenvalue weighted by Crippen LogP contribution is 2.23. The van der Waals surface area contributed by atoms with Gasteiger partial charge in [-0.25, -0.2) is 14.0 Å². The van der Waals surface area contributed by atoms with Gasteiger partial charge in [0.15, 0.2) is 11.6 Å². The van der Waals surface area contributed by atoms with Crippen LogP contribution >= 0.6 is 0 Å². The Kier molecular flexibility index (Phi) is 6.09. The van der Waals surface area contributed by atoms with E-state index < -0.39 is 35.3 Å². The SMILES string of the molecule is C=CCOc1ccc(CC(N)(C(=O)O)C(=O)OC(C)(C)C)cc1F. The average molecular weight is 339 g/mol. The van der Waals surface area contributed by atoms with Crippen molar-refractivity contribution in [3.05, 3.63) is 42.2 Å². The first-order valence-corrected chi connectivity index (χ1v) is 7.27. The summed E-state index contributed by atoms with van der Waals surface area (Å²) in [5, 5.41) is 9.35. The zero-order valence-corrected chi connectivity index (χ0v) is 14.0. The summed E-state index contributed by atoms with van der Waals surface area (Å²) in [7, 11) is 0. The monoisotopic (exact) mass is 339 g/mol. The molecule has 132 valence electrons. The van der Waals surface area contributed by atoms with Crippen molar-refractivity contribution < 1.29 is 28.6 Å². The maximum absolute atomic E-state index is 14.0. The van der Waals surface area contributed by atoms with Gasteiger partial charge >= 0.3 is 11.9 Å². The van der Waals surface area contributed by atoms with Gasteiger partial charge < -0.3 is 20.3 Å². The highest BCUT2D eigenvalue weighted by Gasteiger charge is 2.45. The summed E-state index contributed by atoms with van der Waals surface area (Å²) in [5.74, 6) is -3.33. The molecule has 0 aliphatic rings. The Morgan fingerprint density at radius 1 is 1.38 bits per heavy atom. The minimum Gasteiger partial charge on any atom is -0.486 e. The number of hydrogen-bond acceptors (Lipinski definition) is 5. The summed E-state index contributed by atoms with van der Waals surface area (Å²) in [6, 6.07) is 3.86. The first kappa shape index (κ1) is 19.6. The molecule has 7 heteroatoms. The van der Waals surface area contributed by atoms with Gasteiger partial charge in [-0.15, -0.1) is 0 Å². The van der Waals surface area contributed by atoms with Crippen molar-refractivity contribution in [2.24, 2.45) is 5.73 Å². The molecule has 3 N–H and O–H groups in total. The number of benzene rings is 1. The van der Waals surface area contributed by atoms with Gasteiger partial charge in [0.2, 0.25) is 5.54 Å². The normalized spacial score (nSPS) is 13.7. The number of nitrogens with two attached hydrogens (primary N) is 1. The van der Waals surface area contributed by atoms with Crippen LogP contribution in [0.15, 0.2) is 30.9 Å². The molecule has 24 heavy (non-hydrogen) atoms. The van der Waals surface area contributed by atoms with Crippen LogP contribution in [0.3, 0.4) is 0 Å². The highest BCUT2D eigenvalue weighted by atomic mass is 19.1. The lowest BCUT2D eigenvalue weighted by Crippen LogP contribution is -2.58. The van der Waals surface area contributed by atoms with E-state index >= 15 is 0 Å². The zero-order valence-electron chi connectivity index (χ0n) is 14.0. The minimum absolute atomic E-state index is 0.00568. The first-order valence-electron chi connectivity index (χ1n) is 7.27. The molecule has 0 aromatic heterocycles. The van der Waals surface area contributed by atoms with E-state index in [1.54, 1.807) is 20.8 Å². The molecule has 1 atom stereocenters. The third kappa shape index (κ3) is 5.06. The molecule has 1 aromatic carbocycles. The van der Waals surface area contributed by atoms with E-state index in [-0.39, 0.29) is 17.9 Å². The van der Waals surface area contributed by atoms with Gasteiger partial charge in [-0.05, 0) is 38.5 Å². The van der Waals surface area contributed by atoms with E-state index in [1.165, 1.54) is 18.2 Å². The van der Waals surface area contributed by atoms with Crippen molar-refractivity contribution in [1.82, 2.24) is 0 Å². The zero-order chi connectivity index (χ0) is 18.5. The highest BCUT2D eigenvalue weighted by molar-refractivity contribution is 6.04. The van der Waals surface area contributed by atoms with Gasteiger partial charge in [0.05, 0.1) is 0 Å². The van der Waals surface area contributed by atoms with Crippen LogP contribution in [0.2, 0.25) is 0 Å². The number of carboxylic acids is 1. The van der Waals surface area contributed by atoms with Crippen LogP contribution in [0.1, 0.15) is 26.3 Å². The fraction of sp³-hybridized carbons (Fsp3) is 0.412. The van der Waals surface area contributed by atoms with Crippen LogP contribution in [0.5, 0.6) is 5.75 Å². The van der Waals surface area contributed by atoms with Crippen molar-refractivity contribution in [3.8, 4) is 5.75 Å². The third-order valence-corrected chi connectivity index (χ3v) is 2.98. The molecule has 6 nitrogen and oxygen atoms in total. The standard InChI is InChI=1S/C17H22FNO5/c1-5-8-23-13-7-6-11(9-12(13)18)10-17(19,14(20)21)15(22)24-16(2,3)4/h5-7,9H,1,8,10,19H2,2-4H3,(H,20,21). The molecular weight excluding hydrogens is 317 g/mol. The van der Waals surface area contributed by atoms with Gasteiger partial charge in [-0.1, -0.05) is 18.7 Å². The number of esters is 1. The van der Waals surface area contributed by atoms with E-state index in [0.29, 0.717) is 0 Å². The molecule has 1 aromatic rings. The number of carbonyl (C=O) groups excluding carboxylic acids is 1. The molecular formula is C17H22FNO5. The Morgan fingerprint density at radius 3 is 2.46 bits per heavy atom. The second kappa shape index (κ2) is 7.44. The summed E-state index contributed by atoms with van der Waals surface area (Å²) in [4.78, 5) is 23.7. The third-order valence-electron chi connectivity index (χ3n) is 2.98. The molecule has 1 unspecified atom stereocenters.